The van der Waals surface area contributed by atoms with E-state index in [2.05, 4.69) is 33.4 Å². The third-order valence-electron chi connectivity index (χ3n) is 2.48. The Kier molecular flexibility index (Phi) is 4.70. The smallest absolute Gasteiger partial charge is 0.0758 e. The van der Waals surface area contributed by atoms with Crippen LogP contribution in [0.5, 0.6) is 0 Å². The van der Waals surface area contributed by atoms with Crippen molar-refractivity contribution in [3.05, 3.63) is 28.7 Å². The molecule has 1 atom stereocenters. The standard InChI is InChI=1S/C12H16BrNOS/c13-9-1-5-12(6-2-9)16-8-11(15)7-14-10-3-4-10/h1-2,5-6,10-11,14-15H,3-4,7-8H2. The molecule has 1 aliphatic rings. The predicted molar refractivity (Wildman–Crippen MR) is 71.9 cm³/mol. The van der Waals surface area contributed by atoms with Gasteiger partial charge in [0, 0.05) is 27.7 Å². The molecule has 4 heteroatoms. The first kappa shape index (κ1) is 12.4. The van der Waals surface area contributed by atoms with Crippen LogP contribution in [0.3, 0.4) is 0 Å². The first-order chi connectivity index (χ1) is 7.74. The van der Waals surface area contributed by atoms with Gasteiger partial charge < -0.3 is 10.4 Å². The maximum absolute atomic E-state index is 9.75. The monoisotopic (exact) mass is 301 g/mol. The van der Waals surface area contributed by atoms with Crippen LogP contribution in [0.4, 0.5) is 0 Å². The van der Waals surface area contributed by atoms with Crippen LogP contribution in [0, 0.1) is 0 Å². The van der Waals surface area contributed by atoms with Crippen LogP contribution < -0.4 is 5.32 Å². The van der Waals surface area contributed by atoms with Gasteiger partial charge in [0.1, 0.15) is 0 Å². The van der Waals surface area contributed by atoms with Gasteiger partial charge in [0.2, 0.25) is 0 Å². The highest BCUT2D eigenvalue weighted by molar-refractivity contribution is 9.10. The Labute approximate surface area is 109 Å². The van der Waals surface area contributed by atoms with Crippen LogP contribution in [0.25, 0.3) is 0 Å². The number of halogens is 1. The van der Waals surface area contributed by atoms with E-state index < -0.39 is 0 Å². The Morgan fingerprint density at radius 3 is 2.69 bits per heavy atom. The summed E-state index contributed by atoms with van der Waals surface area (Å²) in [5.41, 5.74) is 0. The van der Waals surface area contributed by atoms with E-state index in [1.807, 2.05) is 12.1 Å². The number of hydrogen-bond acceptors (Lipinski definition) is 3. The van der Waals surface area contributed by atoms with Crippen LogP contribution in [0.2, 0.25) is 0 Å². The van der Waals surface area contributed by atoms with Crippen LogP contribution in [0.15, 0.2) is 33.6 Å². The summed E-state index contributed by atoms with van der Waals surface area (Å²) in [6, 6.07) is 8.85. The van der Waals surface area contributed by atoms with Crippen molar-refractivity contribution < 1.29 is 5.11 Å². The highest BCUT2D eigenvalue weighted by Crippen LogP contribution is 2.22. The van der Waals surface area contributed by atoms with Crippen molar-refractivity contribution in [2.75, 3.05) is 12.3 Å². The van der Waals surface area contributed by atoms with E-state index >= 15 is 0 Å². The molecule has 1 fully saturated rings. The SMILES string of the molecule is OC(CNC1CC1)CSc1ccc(Br)cc1. The van der Waals surface area contributed by atoms with Gasteiger partial charge in [0.05, 0.1) is 6.10 Å². The van der Waals surface area contributed by atoms with E-state index in [4.69, 9.17) is 0 Å². The summed E-state index contributed by atoms with van der Waals surface area (Å²) in [5.74, 6) is 0.751. The number of hydrogen-bond donors (Lipinski definition) is 2. The van der Waals surface area contributed by atoms with E-state index in [-0.39, 0.29) is 6.10 Å². The van der Waals surface area contributed by atoms with Crippen molar-refractivity contribution in [3.8, 4) is 0 Å². The maximum atomic E-state index is 9.75. The van der Waals surface area contributed by atoms with Crippen LogP contribution in [0.1, 0.15) is 12.8 Å². The molecule has 0 aromatic heterocycles. The fraction of sp³-hybridized carbons (Fsp3) is 0.500. The molecule has 1 aromatic carbocycles. The van der Waals surface area contributed by atoms with Crippen LogP contribution in [-0.4, -0.2) is 29.5 Å². The van der Waals surface area contributed by atoms with E-state index in [0.717, 1.165) is 10.2 Å². The minimum Gasteiger partial charge on any atom is -0.391 e. The molecule has 0 heterocycles. The normalized spacial score (nSPS) is 17.4. The van der Waals surface area contributed by atoms with E-state index in [1.54, 1.807) is 11.8 Å². The van der Waals surface area contributed by atoms with Gasteiger partial charge in [0.15, 0.2) is 0 Å². The quantitative estimate of drug-likeness (QED) is 0.792. The fourth-order valence-electron chi connectivity index (χ4n) is 1.37. The molecule has 0 saturated heterocycles. The molecule has 1 unspecified atom stereocenters. The minimum atomic E-state index is -0.255. The van der Waals surface area contributed by atoms with E-state index in [1.165, 1.54) is 17.7 Å². The molecule has 0 spiro atoms. The zero-order valence-corrected chi connectivity index (χ0v) is 11.4. The van der Waals surface area contributed by atoms with Gasteiger partial charge in [-0.2, -0.15) is 0 Å². The number of aliphatic hydroxyl groups excluding tert-OH is 1. The Balaban J connectivity index is 1.67. The lowest BCUT2D eigenvalue weighted by atomic mass is 10.4. The van der Waals surface area contributed by atoms with Crippen molar-refractivity contribution in [2.24, 2.45) is 0 Å². The number of aliphatic hydroxyl groups is 1. The molecule has 2 N–H and O–H groups in total. The van der Waals surface area contributed by atoms with Crippen molar-refractivity contribution in [2.45, 2.75) is 29.9 Å². The summed E-state index contributed by atoms with van der Waals surface area (Å²) in [4.78, 5) is 1.20. The van der Waals surface area contributed by atoms with Gasteiger partial charge in [-0.15, -0.1) is 11.8 Å². The molecule has 88 valence electrons. The van der Waals surface area contributed by atoms with E-state index in [9.17, 15) is 5.11 Å². The van der Waals surface area contributed by atoms with Crippen LogP contribution in [-0.2, 0) is 0 Å². The Bertz CT molecular complexity index is 326. The summed E-state index contributed by atoms with van der Waals surface area (Å²) in [6.45, 7) is 0.716. The molecule has 0 amide bonds. The molecular weight excluding hydrogens is 286 g/mol. The summed E-state index contributed by atoms with van der Waals surface area (Å²) in [7, 11) is 0. The zero-order chi connectivity index (χ0) is 11.4. The van der Waals surface area contributed by atoms with E-state index in [0.29, 0.717) is 12.6 Å². The maximum Gasteiger partial charge on any atom is 0.0758 e. The second kappa shape index (κ2) is 6.05. The highest BCUT2D eigenvalue weighted by Gasteiger charge is 2.21. The van der Waals surface area contributed by atoms with Crippen molar-refractivity contribution in [1.29, 1.82) is 0 Å². The second-order valence-electron chi connectivity index (χ2n) is 4.10. The van der Waals surface area contributed by atoms with Gasteiger partial charge >= 0.3 is 0 Å². The predicted octanol–water partition coefficient (Wildman–Crippen LogP) is 2.65. The molecule has 1 aromatic rings. The number of benzene rings is 1. The molecule has 16 heavy (non-hydrogen) atoms. The third kappa shape index (κ3) is 4.45. The number of nitrogens with one attached hydrogen (secondary N) is 1. The Morgan fingerprint density at radius 1 is 1.38 bits per heavy atom. The van der Waals surface area contributed by atoms with Crippen LogP contribution >= 0.6 is 27.7 Å². The van der Waals surface area contributed by atoms with Gasteiger partial charge in [-0.25, -0.2) is 0 Å². The average Bonchev–Trinajstić information content (AvgIpc) is 3.09. The molecule has 2 rings (SSSR count). The van der Waals surface area contributed by atoms with Gasteiger partial charge in [-0.05, 0) is 37.1 Å². The molecule has 0 radical (unpaired) electrons. The lowest BCUT2D eigenvalue weighted by molar-refractivity contribution is 0.195. The first-order valence-corrected chi connectivity index (χ1v) is 7.32. The van der Waals surface area contributed by atoms with Gasteiger partial charge in [-0.1, -0.05) is 15.9 Å². The van der Waals surface area contributed by atoms with Gasteiger partial charge in [-0.3, -0.25) is 0 Å². The number of thioether (sulfide) groups is 1. The molecule has 2 nitrogen and oxygen atoms in total. The van der Waals surface area contributed by atoms with Crippen molar-refractivity contribution in [1.82, 2.24) is 5.32 Å². The second-order valence-corrected chi connectivity index (χ2v) is 6.11. The third-order valence-corrected chi connectivity index (χ3v) is 4.16. The lowest BCUT2D eigenvalue weighted by Gasteiger charge is -2.10. The first-order valence-electron chi connectivity index (χ1n) is 5.54. The molecule has 0 aliphatic heterocycles. The molecule has 1 saturated carbocycles. The lowest BCUT2D eigenvalue weighted by Crippen LogP contribution is -2.29. The van der Waals surface area contributed by atoms with Gasteiger partial charge in [0.25, 0.3) is 0 Å². The highest BCUT2D eigenvalue weighted by atomic mass is 79.9. The topological polar surface area (TPSA) is 32.3 Å². The minimum absolute atomic E-state index is 0.255. The largest absolute Gasteiger partial charge is 0.391 e. The zero-order valence-electron chi connectivity index (χ0n) is 9.03. The molecule has 1 aliphatic carbocycles. The summed E-state index contributed by atoms with van der Waals surface area (Å²) < 4.78 is 1.09. The average molecular weight is 302 g/mol. The Hall–Kier alpha value is -0.0300. The summed E-state index contributed by atoms with van der Waals surface area (Å²) in [5, 5.41) is 13.1. The molecular formula is C12H16BrNOS. The summed E-state index contributed by atoms with van der Waals surface area (Å²) >= 11 is 5.10. The number of rotatable bonds is 6. The molecule has 0 bridgehead atoms. The Morgan fingerprint density at radius 2 is 2.06 bits per heavy atom. The van der Waals surface area contributed by atoms with Crippen molar-refractivity contribution >= 4 is 27.7 Å². The van der Waals surface area contributed by atoms with Crippen molar-refractivity contribution in [3.63, 3.8) is 0 Å². The fourth-order valence-corrected chi connectivity index (χ4v) is 2.47. The summed E-state index contributed by atoms with van der Waals surface area (Å²) in [6.07, 6.45) is 2.29.